The van der Waals surface area contributed by atoms with Gasteiger partial charge in [-0.15, -0.1) is 0 Å². The summed E-state index contributed by atoms with van der Waals surface area (Å²) in [4.78, 5) is 37.5. The fourth-order valence-electron chi connectivity index (χ4n) is 7.43. The van der Waals surface area contributed by atoms with Crippen LogP contribution in [0.3, 0.4) is 0 Å². The Hall–Kier alpha value is -4.38. The molecule has 8 heteroatoms. The third-order valence-electron chi connectivity index (χ3n) is 9.74. The summed E-state index contributed by atoms with van der Waals surface area (Å²) in [5.41, 5.74) is 5.93. The molecule has 6 rings (SSSR count). The molecule has 1 atom stereocenters. The summed E-state index contributed by atoms with van der Waals surface area (Å²) in [6.45, 7) is 9.55. The Morgan fingerprint density at radius 3 is 2.66 bits per heavy atom. The summed E-state index contributed by atoms with van der Waals surface area (Å²) in [5.74, 6) is 0.413. The number of anilines is 2. The van der Waals surface area contributed by atoms with Gasteiger partial charge in [-0.1, -0.05) is 62.6 Å². The van der Waals surface area contributed by atoms with Gasteiger partial charge in [0.05, 0.1) is 30.8 Å². The molecule has 0 bridgehead atoms. The van der Waals surface area contributed by atoms with Crippen LogP contribution in [0.15, 0.2) is 55.1 Å². The van der Waals surface area contributed by atoms with E-state index in [1.807, 2.05) is 6.07 Å². The zero-order valence-corrected chi connectivity index (χ0v) is 25.7. The van der Waals surface area contributed by atoms with Crippen LogP contribution in [0.25, 0.3) is 10.8 Å². The van der Waals surface area contributed by atoms with Crippen LogP contribution >= 0.6 is 0 Å². The van der Waals surface area contributed by atoms with Gasteiger partial charge in [0.1, 0.15) is 5.69 Å². The molecule has 1 N–H and O–H groups in total. The molecule has 2 fully saturated rings. The average Bonchev–Trinajstić information content (AvgIpc) is 3.57. The van der Waals surface area contributed by atoms with Gasteiger partial charge in [0, 0.05) is 55.0 Å². The Morgan fingerprint density at radius 1 is 1.09 bits per heavy atom. The first kappa shape index (κ1) is 29.7. The molecule has 3 heterocycles. The summed E-state index contributed by atoms with van der Waals surface area (Å²) in [6.07, 6.45) is 8.46. The molecule has 0 radical (unpaired) electrons. The van der Waals surface area contributed by atoms with Gasteiger partial charge in [-0.05, 0) is 54.8 Å². The van der Waals surface area contributed by atoms with Crippen LogP contribution in [0.2, 0.25) is 0 Å². The number of aryl methyl sites for hydroxylation is 1. The second-order valence-corrected chi connectivity index (χ2v) is 12.5. The van der Waals surface area contributed by atoms with E-state index in [4.69, 9.17) is 4.98 Å². The van der Waals surface area contributed by atoms with E-state index in [0.29, 0.717) is 44.3 Å². The summed E-state index contributed by atoms with van der Waals surface area (Å²) in [6, 6.07) is 16.8. The highest BCUT2D eigenvalue weighted by Gasteiger charge is 2.33. The van der Waals surface area contributed by atoms with E-state index in [-0.39, 0.29) is 24.3 Å². The van der Waals surface area contributed by atoms with Gasteiger partial charge in [0.2, 0.25) is 5.91 Å². The molecular weight excluding hydrogens is 548 g/mol. The smallest absolute Gasteiger partial charge is 0.269 e. The van der Waals surface area contributed by atoms with Gasteiger partial charge >= 0.3 is 0 Å². The Morgan fingerprint density at radius 2 is 1.89 bits per heavy atom. The first-order valence-corrected chi connectivity index (χ1v) is 16.1. The van der Waals surface area contributed by atoms with E-state index >= 15 is 0 Å². The molecule has 0 unspecified atom stereocenters. The predicted octanol–water partition coefficient (Wildman–Crippen LogP) is 5.53. The Kier molecular flexibility index (Phi) is 8.83. The number of piperazine rings is 1. The van der Waals surface area contributed by atoms with Crippen LogP contribution in [0, 0.1) is 24.2 Å². The van der Waals surface area contributed by atoms with Crippen molar-refractivity contribution in [2.24, 2.45) is 5.92 Å². The van der Waals surface area contributed by atoms with Crippen LogP contribution in [0.5, 0.6) is 0 Å². The molecule has 2 aromatic carbocycles. The van der Waals surface area contributed by atoms with Crippen LogP contribution in [-0.4, -0.2) is 60.5 Å². The molecule has 44 heavy (non-hydrogen) atoms. The maximum absolute atomic E-state index is 13.5. The Labute approximate surface area is 260 Å². The molecule has 3 aromatic rings. The third-order valence-corrected chi connectivity index (χ3v) is 9.74. The number of fused-ring (bicyclic) bond motifs is 2. The fraction of sp³-hybridized carbons (Fsp3) is 0.444. The van der Waals surface area contributed by atoms with E-state index in [1.54, 1.807) is 4.90 Å². The normalized spacial score (nSPS) is 18.6. The lowest BCUT2D eigenvalue weighted by Crippen LogP contribution is -2.55. The van der Waals surface area contributed by atoms with Gasteiger partial charge in [-0.3, -0.25) is 9.59 Å². The van der Waals surface area contributed by atoms with Crippen LogP contribution in [-0.2, 0) is 17.8 Å². The molecule has 2 aliphatic heterocycles. The van der Waals surface area contributed by atoms with E-state index in [0.717, 1.165) is 36.3 Å². The topological polar surface area (TPSA) is 92.6 Å². The van der Waals surface area contributed by atoms with Crippen molar-refractivity contribution in [1.29, 1.82) is 5.26 Å². The molecule has 3 aliphatic rings. The molecule has 1 aromatic heterocycles. The highest BCUT2D eigenvalue weighted by Crippen LogP contribution is 2.36. The minimum Gasteiger partial charge on any atom is -0.367 e. The monoisotopic (exact) mass is 590 g/mol. The van der Waals surface area contributed by atoms with Crippen LogP contribution in [0.4, 0.5) is 11.4 Å². The zero-order valence-electron chi connectivity index (χ0n) is 25.7. The van der Waals surface area contributed by atoms with E-state index in [1.165, 1.54) is 53.8 Å². The summed E-state index contributed by atoms with van der Waals surface area (Å²) >= 11 is 0. The zero-order chi connectivity index (χ0) is 30.6. The molecule has 1 saturated heterocycles. The minimum atomic E-state index is -0.245. The van der Waals surface area contributed by atoms with Crippen molar-refractivity contribution in [3.8, 4) is 6.07 Å². The number of hydrogen-bond donors (Lipinski definition) is 1. The van der Waals surface area contributed by atoms with Crippen molar-refractivity contribution in [1.82, 2.24) is 15.2 Å². The van der Waals surface area contributed by atoms with Gasteiger partial charge < -0.3 is 20.0 Å². The predicted molar refractivity (Wildman–Crippen MR) is 175 cm³/mol. The lowest BCUT2D eigenvalue weighted by atomic mass is 9.97. The SMILES string of the molecule is C=CC(=O)N1CCN(c2cc(C(=O)NCCC3CCCC3)nc3c2CCN(c2cccc4cccc(C)c24)C3)C[C@@H]1CC#N. The Balaban J connectivity index is 1.32. The first-order chi connectivity index (χ1) is 21.5. The number of carbonyl (C=O) groups excluding carboxylic acids is 2. The minimum absolute atomic E-state index is 0.140. The second-order valence-electron chi connectivity index (χ2n) is 12.5. The van der Waals surface area contributed by atoms with Crippen molar-refractivity contribution < 1.29 is 9.59 Å². The van der Waals surface area contributed by atoms with Crippen molar-refractivity contribution >= 4 is 34.0 Å². The molecule has 1 saturated carbocycles. The molecular formula is C36H42N6O2. The fourth-order valence-corrected chi connectivity index (χ4v) is 7.43. The third kappa shape index (κ3) is 6.01. The van der Waals surface area contributed by atoms with Crippen molar-refractivity contribution in [2.45, 2.75) is 64.5 Å². The number of benzene rings is 2. The second kappa shape index (κ2) is 13.1. The number of pyridine rings is 1. The van der Waals surface area contributed by atoms with E-state index < -0.39 is 0 Å². The number of nitrogens with zero attached hydrogens (tertiary/aromatic N) is 5. The molecule has 228 valence electrons. The van der Waals surface area contributed by atoms with Gasteiger partial charge in [-0.25, -0.2) is 4.98 Å². The lowest BCUT2D eigenvalue weighted by Gasteiger charge is -2.43. The number of carbonyl (C=O) groups is 2. The number of rotatable bonds is 8. The number of hydrogen-bond acceptors (Lipinski definition) is 6. The summed E-state index contributed by atoms with van der Waals surface area (Å²) in [5, 5.41) is 15.2. The van der Waals surface area contributed by atoms with Crippen LogP contribution in [0.1, 0.15) is 65.8 Å². The number of amides is 2. The van der Waals surface area contributed by atoms with Crippen molar-refractivity contribution in [3.63, 3.8) is 0 Å². The largest absolute Gasteiger partial charge is 0.367 e. The highest BCUT2D eigenvalue weighted by molar-refractivity contribution is 5.97. The summed E-state index contributed by atoms with van der Waals surface area (Å²) in [7, 11) is 0. The number of nitrogens with one attached hydrogen (secondary N) is 1. The van der Waals surface area contributed by atoms with Crippen molar-refractivity contribution in [2.75, 3.05) is 42.5 Å². The standard InChI is InChI=1S/C36H42N6O2/c1-3-34(43)42-21-20-41(23-28(42)14-17-37)33-22-30(36(44)38-18-15-26-9-4-5-10-26)39-31-24-40(19-16-29(31)33)32-13-7-12-27-11-6-8-25(2)35(27)32/h3,6-8,11-13,22,26,28H,1,4-5,9-10,14-16,18-21,23-24H2,2H3,(H,38,44)/t28-/m0/s1. The van der Waals surface area contributed by atoms with Crippen LogP contribution < -0.4 is 15.1 Å². The number of aromatic nitrogens is 1. The number of nitriles is 1. The Bertz CT molecular complexity index is 1600. The molecule has 1 aliphatic carbocycles. The lowest BCUT2D eigenvalue weighted by molar-refractivity contribution is -0.128. The average molecular weight is 591 g/mol. The van der Waals surface area contributed by atoms with E-state index in [2.05, 4.69) is 71.1 Å². The van der Waals surface area contributed by atoms with Crippen molar-refractivity contribution in [3.05, 3.63) is 77.6 Å². The molecule has 8 nitrogen and oxygen atoms in total. The summed E-state index contributed by atoms with van der Waals surface area (Å²) < 4.78 is 0. The van der Waals surface area contributed by atoms with Gasteiger partial charge in [0.15, 0.2) is 0 Å². The molecule has 2 amide bonds. The quantitative estimate of drug-likeness (QED) is 0.347. The maximum Gasteiger partial charge on any atom is 0.269 e. The molecule has 0 spiro atoms. The van der Waals surface area contributed by atoms with E-state index in [9.17, 15) is 14.9 Å². The van der Waals surface area contributed by atoms with Gasteiger partial charge in [0.25, 0.3) is 5.91 Å². The van der Waals surface area contributed by atoms with Gasteiger partial charge in [-0.2, -0.15) is 5.26 Å². The first-order valence-electron chi connectivity index (χ1n) is 16.1. The maximum atomic E-state index is 13.5. The highest BCUT2D eigenvalue weighted by atomic mass is 16.2.